The van der Waals surface area contributed by atoms with Crippen LogP contribution in [0.2, 0.25) is 0 Å². The molecule has 0 bridgehead atoms. The predicted octanol–water partition coefficient (Wildman–Crippen LogP) is 1.82. The van der Waals surface area contributed by atoms with Gasteiger partial charge in [0, 0.05) is 12.1 Å². The Kier molecular flexibility index (Phi) is 5.16. The normalized spacial score (nSPS) is 11.1. The van der Waals surface area contributed by atoms with Gasteiger partial charge in [0.15, 0.2) is 0 Å². The quantitative estimate of drug-likeness (QED) is 0.763. The molecule has 18 heavy (non-hydrogen) atoms. The molecule has 0 spiro atoms. The van der Waals surface area contributed by atoms with E-state index >= 15 is 0 Å². The average molecular weight is 250 g/mol. The zero-order valence-corrected chi connectivity index (χ0v) is 11.3. The number of aliphatic hydroxyl groups excluding tert-OH is 1. The van der Waals surface area contributed by atoms with E-state index in [4.69, 9.17) is 5.11 Å². The molecule has 100 valence electrons. The zero-order valence-electron chi connectivity index (χ0n) is 11.3. The van der Waals surface area contributed by atoms with Crippen LogP contribution >= 0.6 is 0 Å². The fourth-order valence-electron chi connectivity index (χ4n) is 1.52. The summed E-state index contributed by atoms with van der Waals surface area (Å²) in [6.07, 6.45) is 0.781. The number of carbonyl (C=O) groups excluding carboxylic acids is 1. The molecule has 0 unspecified atom stereocenters. The fraction of sp³-hybridized carbons (Fsp3) is 0.500. The van der Waals surface area contributed by atoms with Crippen LogP contribution in [0.5, 0.6) is 0 Å². The predicted molar refractivity (Wildman–Crippen MR) is 72.4 cm³/mol. The van der Waals surface area contributed by atoms with Gasteiger partial charge in [0.1, 0.15) is 0 Å². The lowest BCUT2D eigenvalue weighted by molar-refractivity contribution is 0.232. The van der Waals surface area contributed by atoms with E-state index < -0.39 is 0 Å². The first kappa shape index (κ1) is 14.5. The first-order valence-electron chi connectivity index (χ1n) is 6.15. The van der Waals surface area contributed by atoms with E-state index in [1.54, 1.807) is 0 Å². The molecule has 1 aromatic carbocycles. The maximum atomic E-state index is 11.5. The minimum absolute atomic E-state index is 0.0620. The number of aliphatic hydroxyl groups is 1. The third-order valence-corrected chi connectivity index (χ3v) is 2.39. The second kappa shape index (κ2) is 6.40. The van der Waals surface area contributed by atoms with Crippen LogP contribution in [-0.4, -0.2) is 23.2 Å². The maximum absolute atomic E-state index is 11.5. The Hall–Kier alpha value is -1.55. The van der Waals surface area contributed by atoms with Crippen LogP contribution in [0, 0.1) is 0 Å². The molecule has 0 saturated heterocycles. The smallest absolute Gasteiger partial charge is 0.315 e. The number of nitrogens with one attached hydrogen (secondary N) is 2. The molecule has 3 N–H and O–H groups in total. The summed E-state index contributed by atoms with van der Waals surface area (Å²) >= 11 is 0. The van der Waals surface area contributed by atoms with E-state index in [0.29, 0.717) is 6.54 Å². The number of urea groups is 1. The number of benzene rings is 1. The molecule has 0 aromatic heterocycles. The molecule has 0 aliphatic heterocycles. The second-order valence-corrected chi connectivity index (χ2v) is 5.36. The summed E-state index contributed by atoms with van der Waals surface area (Å²) in [6, 6.07) is 7.58. The summed E-state index contributed by atoms with van der Waals surface area (Å²) in [6.45, 7) is 6.49. The standard InChI is InChI=1S/C14H22N2O2/c1-14(2,3)16-13(18)15-9-8-11-4-6-12(10-17)7-5-11/h4-7,17H,8-10H2,1-3H3,(H2,15,16,18). The molecule has 2 amide bonds. The van der Waals surface area contributed by atoms with Crippen LogP contribution in [-0.2, 0) is 13.0 Å². The Morgan fingerprint density at radius 1 is 1.17 bits per heavy atom. The van der Waals surface area contributed by atoms with E-state index in [2.05, 4.69) is 10.6 Å². The molecule has 0 atom stereocenters. The highest BCUT2D eigenvalue weighted by atomic mass is 16.3. The van der Waals surface area contributed by atoms with Gasteiger partial charge in [0.2, 0.25) is 0 Å². The SMILES string of the molecule is CC(C)(C)NC(=O)NCCc1ccc(CO)cc1. The minimum Gasteiger partial charge on any atom is -0.392 e. The fourth-order valence-corrected chi connectivity index (χ4v) is 1.52. The third kappa shape index (κ3) is 5.68. The topological polar surface area (TPSA) is 61.4 Å². The molecule has 0 radical (unpaired) electrons. The van der Waals surface area contributed by atoms with E-state index in [1.807, 2.05) is 45.0 Å². The van der Waals surface area contributed by atoms with Crippen molar-refractivity contribution in [2.45, 2.75) is 39.3 Å². The lowest BCUT2D eigenvalue weighted by Crippen LogP contribution is -2.46. The van der Waals surface area contributed by atoms with Gasteiger partial charge in [-0.1, -0.05) is 24.3 Å². The van der Waals surface area contributed by atoms with Crippen molar-refractivity contribution in [2.75, 3.05) is 6.54 Å². The van der Waals surface area contributed by atoms with E-state index in [9.17, 15) is 4.79 Å². The Morgan fingerprint density at radius 3 is 2.22 bits per heavy atom. The Morgan fingerprint density at radius 2 is 1.72 bits per heavy atom. The minimum atomic E-state index is -0.215. The number of hydrogen-bond donors (Lipinski definition) is 3. The summed E-state index contributed by atoms with van der Waals surface area (Å²) < 4.78 is 0. The summed E-state index contributed by atoms with van der Waals surface area (Å²) in [5, 5.41) is 14.6. The zero-order chi connectivity index (χ0) is 13.6. The van der Waals surface area contributed by atoms with Crippen molar-refractivity contribution in [2.24, 2.45) is 0 Å². The highest BCUT2D eigenvalue weighted by Gasteiger charge is 2.12. The summed E-state index contributed by atoms with van der Waals surface area (Å²) in [7, 11) is 0. The summed E-state index contributed by atoms with van der Waals surface area (Å²) in [5.41, 5.74) is 1.83. The van der Waals surface area contributed by atoms with Gasteiger partial charge in [-0.15, -0.1) is 0 Å². The number of hydrogen-bond acceptors (Lipinski definition) is 2. The van der Waals surface area contributed by atoms with Crippen molar-refractivity contribution >= 4 is 6.03 Å². The van der Waals surface area contributed by atoms with Crippen molar-refractivity contribution in [3.05, 3.63) is 35.4 Å². The van der Waals surface area contributed by atoms with Gasteiger partial charge in [-0.3, -0.25) is 0 Å². The molecule has 0 saturated carbocycles. The van der Waals surface area contributed by atoms with Crippen LogP contribution in [0.1, 0.15) is 31.9 Å². The van der Waals surface area contributed by atoms with E-state index in [0.717, 1.165) is 17.5 Å². The van der Waals surface area contributed by atoms with E-state index in [-0.39, 0.29) is 18.2 Å². The number of amides is 2. The Bertz CT molecular complexity index is 380. The van der Waals surface area contributed by atoms with E-state index in [1.165, 1.54) is 0 Å². The van der Waals surface area contributed by atoms with Gasteiger partial charge in [0.05, 0.1) is 6.61 Å². The first-order chi connectivity index (χ1) is 8.40. The largest absolute Gasteiger partial charge is 0.392 e. The van der Waals surface area contributed by atoms with Crippen molar-refractivity contribution in [1.82, 2.24) is 10.6 Å². The monoisotopic (exact) mass is 250 g/mol. The van der Waals surface area contributed by atoms with Crippen LogP contribution in [0.25, 0.3) is 0 Å². The number of carbonyl (C=O) groups is 1. The second-order valence-electron chi connectivity index (χ2n) is 5.36. The van der Waals surface area contributed by atoms with Gasteiger partial charge in [0.25, 0.3) is 0 Å². The van der Waals surface area contributed by atoms with Crippen LogP contribution in [0.15, 0.2) is 24.3 Å². The molecule has 0 heterocycles. The van der Waals surface area contributed by atoms with Crippen molar-refractivity contribution in [1.29, 1.82) is 0 Å². The maximum Gasteiger partial charge on any atom is 0.315 e. The van der Waals surface area contributed by atoms with Crippen LogP contribution in [0.3, 0.4) is 0 Å². The summed E-state index contributed by atoms with van der Waals surface area (Å²) in [5.74, 6) is 0. The van der Waals surface area contributed by atoms with Crippen molar-refractivity contribution in [3.63, 3.8) is 0 Å². The van der Waals surface area contributed by atoms with Gasteiger partial charge in [-0.25, -0.2) is 4.79 Å². The molecule has 4 heteroatoms. The first-order valence-corrected chi connectivity index (χ1v) is 6.15. The summed E-state index contributed by atoms with van der Waals surface area (Å²) in [4.78, 5) is 11.5. The molecular formula is C14H22N2O2. The highest BCUT2D eigenvalue weighted by molar-refractivity contribution is 5.74. The van der Waals surface area contributed by atoms with Crippen molar-refractivity contribution in [3.8, 4) is 0 Å². The molecule has 4 nitrogen and oxygen atoms in total. The molecular weight excluding hydrogens is 228 g/mol. The lowest BCUT2D eigenvalue weighted by Gasteiger charge is -2.20. The van der Waals surface area contributed by atoms with Gasteiger partial charge in [-0.05, 0) is 38.3 Å². The highest BCUT2D eigenvalue weighted by Crippen LogP contribution is 2.04. The number of rotatable bonds is 4. The Labute approximate surface area is 108 Å². The third-order valence-electron chi connectivity index (χ3n) is 2.39. The molecule has 0 aliphatic carbocycles. The van der Waals surface area contributed by atoms with Crippen LogP contribution in [0.4, 0.5) is 4.79 Å². The average Bonchev–Trinajstić information content (AvgIpc) is 2.27. The molecule has 0 fully saturated rings. The van der Waals surface area contributed by atoms with Gasteiger partial charge >= 0.3 is 6.03 Å². The lowest BCUT2D eigenvalue weighted by atomic mass is 10.1. The molecule has 1 rings (SSSR count). The molecule has 1 aromatic rings. The Balaban J connectivity index is 2.30. The van der Waals surface area contributed by atoms with Gasteiger partial charge in [-0.2, -0.15) is 0 Å². The van der Waals surface area contributed by atoms with Crippen LogP contribution < -0.4 is 10.6 Å². The van der Waals surface area contributed by atoms with Crippen molar-refractivity contribution < 1.29 is 9.90 Å². The molecule has 0 aliphatic rings. The van der Waals surface area contributed by atoms with Gasteiger partial charge < -0.3 is 15.7 Å².